The van der Waals surface area contributed by atoms with Crippen molar-refractivity contribution in [2.24, 2.45) is 0 Å². The molecular formula is C11H11NO5. The van der Waals surface area contributed by atoms with Crippen LogP contribution in [0.4, 0.5) is 0 Å². The van der Waals surface area contributed by atoms with E-state index >= 15 is 0 Å². The van der Waals surface area contributed by atoms with Crippen LogP contribution in [0.3, 0.4) is 0 Å². The summed E-state index contributed by atoms with van der Waals surface area (Å²) in [6.45, 7) is 3.59. The van der Waals surface area contributed by atoms with Crippen molar-refractivity contribution < 1.29 is 23.5 Å². The van der Waals surface area contributed by atoms with Gasteiger partial charge in [-0.15, -0.1) is 0 Å². The maximum atomic E-state index is 11.4. The highest BCUT2D eigenvalue weighted by molar-refractivity contribution is 5.93. The third-order valence-corrected chi connectivity index (χ3v) is 1.79. The van der Waals surface area contributed by atoms with Crippen LogP contribution in [0.5, 0.6) is 0 Å². The summed E-state index contributed by atoms with van der Waals surface area (Å²) in [6, 6.07) is 2.91. The van der Waals surface area contributed by atoms with E-state index in [-0.39, 0.29) is 30.3 Å². The summed E-state index contributed by atoms with van der Waals surface area (Å²) in [7, 11) is 0. The van der Waals surface area contributed by atoms with E-state index in [1.54, 1.807) is 19.9 Å². The van der Waals surface area contributed by atoms with Crippen molar-refractivity contribution in [1.29, 1.82) is 5.26 Å². The van der Waals surface area contributed by atoms with Gasteiger partial charge in [0, 0.05) is 6.07 Å². The van der Waals surface area contributed by atoms with Gasteiger partial charge in [0.15, 0.2) is 0 Å². The van der Waals surface area contributed by atoms with Crippen LogP contribution in [0.25, 0.3) is 0 Å². The molecule has 0 bridgehead atoms. The average Bonchev–Trinajstić information content (AvgIpc) is 2.73. The molecule has 0 aliphatic carbocycles. The number of esters is 2. The standard InChI is InChI=1S/C11H11NO5/c1-3-15-10(13)8-5-7(6-12)9(17-8)11(14)16-4-2/h5H,3-4H2,1-2H3. The molecule has 6 heteroatoms. The second kappa shape index (κ2) is 5.70. The van der Waals surface area contributed by atoms with E-state index in [4.69, 9.17) is 9.68 Å². The molecule has 1 rings (SSSR count). The number of hydrogen-bond acceptors (Lipinski definition) is 6. The highest BCUT2D eigenvalue weighted by atomic mass is 16.6. The second-order valence-corrected chi connectivity index (χ2v) is 2.91. The lowest BCUT2D eigenvalue weighted by atomic mass is 10.2. The quantitative estimate of drug-likeness (QED) is 0.737. The number of hydrogen-bond donors (Lipinski definition) is 0. The zero-order chi connectivity index (χ0) is 12.8. The van der Waals surface area contributed by atoms with Gasteiger partial charge in [-0.1, -0.05) is 0 Å². The van der Waals surface area contributed by atoms with Crippen molar-refractivity contribution in [3.05, 3.63) is 23.2 Å². The number of carbonyl (C=O) groups excluding carboxylic acids is 2. The molecule has 0 N–H and O–H groups in total. The maximum absolute atomic E-state index is 11.4. The van der Waals surface area contributed by atoms with Crippen LogP contribution in [0.2, 0.25) is 0 Å². The Labute approximate surface area is 97.7 Å². The van der Waals surface area contributed by atoms with Crippen molar-refractivity contribution >= 4 is 11.9 Å². The molecule has 0 unspecified atom stereocenters. The van der Waals surface area contributed by atoms with E-state index in [1.165, 1.54) is 0 Å². The summed E-state index contributed by atoms with van der Waals surface area (Å²) in [5, 5.41) is 8.79. The van der Waals surface area contributed by atoms with Crippen LogP contribution in [0.15, 0.2) is 10.5 Å². The molecule has 0 aromatic carbocycles. The van der Waals surface area contributed by atoms with E-state index < -0.39 is 11.9 Å². The fourth-order valence-electron chi connectivity index (χ4n) is 1.13. The fourth-order valence-corrected chi connectivity index (χ4v) is 1.13. The summed E-state index contributed by atoms with van der Waals surface area (Å²) in [5.41, 5.74) is -0.0495. The van der Waals surface area contributed by atoms with Crippen LogP contribution in [0, 0.1) is 11.3 Å². The van der Waals surface area contributed by atoms with Crippen molar-refractivity contribution in [3.63, 3.8) is 0 Å². The third kappa shape index (κ3) is 2.84. The van der Waals surface area contributed by atoms with Crippen LogP contribution in [-0.4, -0.2) is 25.2 Å². The van der Waals surface area contributed by atoms with E-state index in [0.717, 1.165) is 6.07 Å². The van der Waals surface area contributed by atoms with Gasteiger partial charge in [-0.25, -0.2) is 9.59 Å². The zero-order valence-corrected chi connectivity index (χ0v) is 9.48. The van der Waals surface area contributed by atoms with Gasteiger partial charge in [-0.2, -0.15) is 5.26 Å². The molecule has 0 aliphatic heterocycles. The molecule has 90 valence electrons. The summed E-state index contributed by atoms with van der Waals surface area (Å²) in [6.07, 6.45) is 0. The lowest BCUT2D eigenvalue weighted by Gasteiger charge is -1.98. The highest BCUT2D eigenvalue weighted by Crippen LogP contribution is 2.16. The molecule has 1 aromatic rings. The van der Waals surface area contributed by atoms with Gasteiger partial charge in [-0.05, 0) is 13.8 Å². The van der Waals surface area contributed by atoms with Crippen LogP contribution in [0.1, 0.15) is 40.5 Å². The van der Waals surface area contributed by atoms with E-state index in [2.05, 4.69) is 9.47 Å². The smallest absolute Gasteiger partial charge is 0.375 e. The molecule has 0 fully saturated rings. The number of ether oxygens (including phenoxy) is 2. The Morgan fingerprint density at radius 1 is 1.29 bits per heavy atom. The Kier molecular flexibility index (Phi) is 4.29. The molecule has 0 aliphatic rings. The van der Waals surface area contributed by atoms with Crippen molar-refractivity contribution in [3.8, 4) is 6.07 Å². The van der Waals surface area contributed by atoms with Gasteiger partial charge in [-0.3, -0.25) is 0 Å². The average molecular weight is 237 g/mol. The summed E-state index contributed by atoms with van der Waals surface area (Å²) in [4.78, 5) is 22.7. The summed E-state index contributed by atoms with van der Waals surface area (Å²) in [5.74, 6) is -1.97. The Bertz CT molecular complexity index is 469. The number of rotatable bonds is 4. The third-order valence-electron chi connectivity index (χ3n) is 1.79. The first-order valence-electron chi connectivity index (χ1n) is 5.02. The predicted molar refractivity (Wildman–Crippen MR) is 55.3 cm³/mol. The number of carbonyl (C=O) groups is 2. The number of nitrogens with zero attached hydrogens (tertiary/aromatic N) is 1. The molecule has 1 aromatic heterocycles. The Morgan fingerprint density at radius 3 is 2.41 bits per heavy atom. The fraction of sp³-hybridized carbons (Fsp3) is 0.364. The highest BCUT2D eigenvalue weighted by Gasteiger charge is 2.23. The van der Waals surface area contributed by atoms with Gasteiger partial charge in [0.2, 0.25) is 11.5 Å². The molecular weight excluding hydrogens is 226 g/mol. The number of nitriles is 1. The first-order chi connectivity index (χ1) is 8.13. The van der Waals surface area contributed by atoms with Crippen LogP contribution >= 0.6 is 0 Å². The molecule has 0 radical (unpaired) electrons. The van der Waals surface area contributed by atoms with Gasteiger partial charge < -0.3 is 13.9 Å². The molecule has 0 amide bonds. The van der Waals surface area contributed by atoms with E-state index in [9.17, 15) is 9.59 Å². The monoisotopic (exact) mass is 237 g/mol. The Hall–Kier alpha value is -2.29. The predicted octanol–water partition coefficient (Wildman–Crippen LogP) is 1.50. The lowest BCUT2D eigenvalue weighted by Crippen LogP contribution is -2.05. The van der Waals surface area contributed by atoms with Crippen LogP contribution < -0.4 is 0 Å². The first-order valence-corrected chi connectivity index (χ1v) is 5.02. The van der Waals surface area contributed by atoms with E-state index in [0.29, 0.717) is 0 Å². The van der Waals surface area contributed by atoms with Gasteiger partial charge in [0.05, 0.1) is 13.2 Å². The minimum atomic E-state index is -0.778. The summed E-state index contributed by atoms with van der Waals surface area (Å²) < 4.78 is 14.3. The van der Waals surface area contributed by atoms with Crippen LogP contribution in [-0.2, 0) is 9.47 Å². The van der Waals surface area contributed by atoms with Gasteiger partial charge in [0.1, 0.15) is 11.6 Å². The molecule has 0 atom stereocenters. The van der Waals surface area contributed by atoms with Gasteiger partial charge >= 0.3 is 11.9 Å². The minimum absolute atomic E-state index is 0.0495. The van der Waals surface area contributed by atoms with Crippen molar-refractivity contribution in [2.75, 3.05) is 13.2 Å². The molecule has 1 heterocycles. The lowest BCUT2D eigenvalue weighted by molar-refractivity contribution is 0.0455. The molecule has 0 saturated heterocycles. The van der Waals surface area contributed by atoms with Crippen molar-refractivity contribution in [1.82, 2.24) is 0 Å². The topological polar surface area (TPSA) is 89.5 Å². The normalized spacial score (nSPS) is 9.47. The Morgan fingerprint density at radius 2 is 1.88 bits per heavy atom. The summed E-state index contributed by atoms with van der Waals surface area (Å²) >= 11 is 0. The largest absolute Gasteiger partial charge is 0.460 e. The van der Waals surface area contributed by atoms with Crippen molar-refractivity contribution in [2.45, 2.75) is 13.8 Å². The molecule has 17 heavy (non-hydrogen) atoms. The maximum Gasteiger partial charge on any atom is 0.375 e. The minimum Gasteiger partial charge on any atom is -0.460 e. The molecule has 0 spiro atoms. The zero-order valence-electron chi connectivity index (χ0n) is 9.48. The second-order valence-electron chi connectivity index (χ2n) is 2.91. The Balaban J connectivity index is 3.03. The molecule has 6 nitrogen and oxygen atoms in total. The van der Waals surface area contributed by atoms with E-state index in [1.807, 2.05) is 0 Å². The molecule has 0 saturated carbocycles. The number of furan rings is 1. The first kappa shape index (κ1) is 12.8. The SMILES string of the molecule is CCOC(=O)c1cc(C#N)c(C(=O)OCC)o1. The van der Waals surface area contributed by atoms with Gasteiger partial charge in [0.25, 0.3) is 0 Å².